The van der Waals surface area contributed by atoms with E-state index < -0.39 is 23.2 Å². The van der Waals surface area contributed by atoms with Crippen LogP contribution in [0.25, 0.3) is 0 Å². The lowest BCUT2D eigenvalue weighted by Crippen LogP contribution is -2.55. The monoisotopic (exact) mass is 407 g/mol. The zero-order valence-electron chi connectivity index (χ0n) is 16.3. The summed E-state index contributed by atoms with van der Waals surface area (Å²) in [7, 11) is 0. The van der Waals surface area contributed by atoms with E-state index in [1.807, 2.05) is 11.8 Å². The van der Waals surface area contributed by atoms with Gasteiger partial charge in [0.1, 0.15) is 17.3 Å². The van der Waals surface area contributed by atoms with Gasteiger partial charge in [0.05, 0.1) is 11.1 Å². The molecule has 3 N–H and O–H groups in total. The fourth-order valence-electron chi connectivity index (χ4n) is 3.65. The number of hydrogen-bond donors (Lipinski definition) is 2. The van der Waals surface area contributed by atoms with Gasteiger partial charge in [-0.1, -0.05) is 13.3 Å². The van der Waals surface area contributed by atoms with Crippen LogP contribution >= 0.6 is 0 Å². The second-order valence-corrected chi connectivity index (χ2v) is 7.29. The molecule has 0 saturated carbocycles. The van der Waals surface area contributed by atoms with Crippen LogP contribution in [0.2, 0.25) is 0 Å². The van der Waals surface area contributed by atoms with E-state index in [9.17, 15) is 18.0 Å². The smallest absolute Gasteiger partial charge is 0.383 e. The maximum atomic E-state index is 13.6. The van der Waals surface area contributed by atoms with Crippen LogP contribution in [0.15, 0.2) is 30.5 Å². The molecule has 2 aromatic rings. The number of nitrogen functional groups attached to an aromatic ring is 1. The molecule has 1 fully saturated rings. The quantitative estimate of drug-likeness (QED) is 0.740. The lowest BCUT2D eigenvalue weighted by molar-refractivity contribution is -0.138. The van der Waals surface area contributed by atoms with Gasteiger partial charge in [0, 0.05) is 31.4 Å². The minimum atomic E-state index is -4.71. The summed E-state index contributed by atoms with van der Waals surface area (Å²) in [6.07, 6.45) is -1.41. The SMILES string of the molecule is CCC[C@H]1CN(c2ccc(C(F)(F)F)c(C(=O)c3cccnc3N)n2)C[C@H](C)N1. The molecule has 1 aliphatic rings. The molecule has 0 spiro atoms. The molecule has 0 bridgehead atoms. The van der Waals surface area contributed by atoms with Crippen molar-refractivity contribution in [1.29, 1.82) is 0 Å². The highest BCUT2D eigenvalue weighted by molar-refractivity contribution is 6.11. The number of ketones is 1. The lowest BCUT2D eigenvalue weighted by atomic mass is 10.0. The summed E-state index contributed by atoms with van der Waals surface area (Å²) in [6, 6.07) is 5.41. The normalized spacial score (nSPS) is 20.0. The Balaban J connectivity index is 2.02. The average molecular weight is 407 g/mol. The number of alkyl halides is 3. The van der Waals surface area contributed by atoms with E-state index in [2.05, 4.69) is 22.2 Å². The van der Waals surface area contributed by atoms with Gasteiger partial charge in [-0.05, 0) is 37.6 Å². The van der Waals surface area contributed by atoms with Crippen LogP contribution in [-0.2, 0) is 6.18 Å². The Morgan fingerprint density at radius 1 is 1.31 bits per heavy atom. The van der Waals surface area contributed by atoms with Crippen LogP contribution in [0.5, 0.6) is 0 Å². The molecule has 29 heavy (non-hydrogen) atoms. The largest absolute Gasteiger partial charge is 0.418 e. The zero-order chi connectivity index (χ0) is 21.2. The van der Waals surface area contributed by atoms with E-state index >= 15 is 0 Å². The molecule has 6 nitrogen and oxygen atoms in total. The molecule has 3 heterocycles. The summed E-state index contributed by atoms with van der Waals surface area (Å²) < 4.78 is 40.7. The second-order valence-electron chi connectivity index (χ2n) is 7.29. The van der Waals surface area contributed by atoms with Crippen LogP contribution in [0.1, 0.15) is 48.3 Å². The Morgan fingerprint density at radius 2 is 2.07 bits per heavy atom. The van der Waals surface area contributed by atoms with Crippen molar-refractivity contribution in [2.24, 2.45) is 0 Å². The van der Waals surface area contributed by atoms with Gasteiger partial charge in [-0.25, -0.2) is 9.97 Å². The van der Waals surface area contributed by atoms with Gasteiger partial charge in [0.2, 0.25) is 5.78 Å². The van der Waals surface area contributed by atoms with Gasteiger partial charge in [0.25, 0.3) is 0 Å². The van der Waals surface area contributed by atoms with Crippen molar-refractivity contribution < 1.29 is 18.0 Å². The van der Waals surface area contributed by atoms with Gasteiger partial charge >= 0.3 is 6.18 Å². The molecule has 156 valence electrons. The van der Waals surface area contributed by atoms with E-state index in [1.165, 1.54) is 24.4 Å². The van der Waals surface area contributed by atoms with Gasteiger partial charge in [-0.15, -0.1) is 0 Å². The standard InChI is InChI=1S/C20H24F3N5O/c1-3-5-13-11-28(10-12(2)26-13)16-8-7-15(20(21,22)23)17(27-16)18(29)14-6-4-9-25-19(14)24/h4,6-9,12-13,26H,3,5,10-11H2,1-2H3,(H2,24,25)/t12-,13-/m0/s1. The summed E-state index contributed by atoms with van der Waals surface area (Å²) in [5.74, 6) is -0.673. The first-order chi connectivity index (χ1) is 13.7. The lowest BCUT2D eigenvalue weighted by Gasteiger charge is -2.38. The molecule has 2 aromatic heterocycles. The average Bonchev–Trinajstić information content (AvgIpc) is 2.66. The van der Waals surface area contributed by atoms with E-state index in [0.717, 1.165) is 18.9 Å². The number of nitrogens with two attached hydrogens (primary N) is 1. The summed E-state index contributed by atoms with van der Waals surface area (Å²) in [6.45, 7) is 5.29. The van der Waals surface area contributed by atoms with Crippen LogP contribution < -0.4 is 16.0 Å². The second kappa shape index (κ2) is 8.36. The first-order valence-electron chi connectivity index (χ1n) is 9.55. The van der Waals surface area contributed by atoms with E-state index in [0.29, 0.717) is 18.9 Å². The Bertz CT molecular complexity index is 887. The summed E-state index contributed by atoms with van der Waals surface area (Å²) >= 11 is 0. The minimum Gasteiger partial charge on any atom is -0.383 e. The molecule has 1 saturated heterocycles. The first-order valence-corrected chi connectivity index (χ1v) is 9.55. The van der Waals surface area contributed by atoms with Crippen molar-refractivity contribution in [3.63, 3.8) is 0 Å². The number of hydrogen-bond acceptors (Lipinski definition) is 6. The number of rotatable bonds is 5. The third-order valence-electron chi connectivity index (χ3n) is 4.90. The van der Waals surface area contributed by atoms with E-state index in [-0.39, 0.29) is 23.5 Å². The van der Waals surface area contributed by atoms with Gasteiger partial charge in [0.15, 0.2) is 0 Å². The first kappa shape index (κ1) is 21.0. The number of piperazine rings is 1. The van der Waals surface area contributed by atoms with E-state index in [1.54, 1.807) is 0 Å². The van der Waals surface area contributed by atoms with Crippen molar-refractivity contribution in [1.82, 2.24) is 15.3 Å². The molecule has 2 atom stereocenters. The summed E-state index contributed by atoms with van der Waals surface area (Å²) in [5, 5.41) is 3.48. The Kier molecular flexibility index (Phi) is 6.07. The minimum absolute atomic E-state index is 0.0970. The highest BCUT2D eigenvalue weighted by atomic mass is 19.4. The predicted molar refractivity (Wildman–Crippen MR) is 105 cm³/mol. The maximum Gasteiger partial charge on any atom is 0.418 e. The summed E-state index contributed by atoms with van der Waals surface area (Å²) in [4.78, 5) is 22.8. The number of halogens is 3. The van der Waals surface area contributed by atoms with E-state index in [4.69, 9.17) is 5.73 Å². The fraction of sp³-hybridized carbons (Fsp3) is 0.450. The van der Waals surface area contributed by atoms with Crippen molar-refractivity contribution in [2.75, 3.05) is 23.7 Å². The molecule has 3 rings (SSSR count). The Morgan fingerprint density at radius 3 is 2.72 bits per heavy atom. The molecule has 1 aliphatic heterocycles. The molecule has 0 amide bonds. The third-order valence-corrected chi connectivity index (χ3v) is 4.90. The maximum absolute atomic E-state index is 13.6. The van der Waals surface area contributed by atoms with Crippen molar-refractivity contribution >= 4 is 17.4 Å². The van der Waals surface area contributed by atoms with Gasteiger partial charge in [-0.3, -0.25) is 4.79 Å². The van der Waals surface area contributed by atoms with Crippen LogP contribution in [0.3, 0.4) is 0 Å². The third kappa shape index (κ3) is 4.67. The topological polar surface area (TPSA) is 84.1 Å². The number of pyridine rings is 2. The van der Waals surface area contributed by atoms with Crippen molar-refractivity contribution in [3.05, 3.63) is 47.3 Å². The fourth-order valence-corrected chi connectivity index (χ4v) is 3.65. The number of carbonyl (C=O) groups is 1. The van der Waals surface area contributed by atoms with Crippen LogP contribution in [0.4, 0.5) is 24.8 Å². The zero-order valence-corrected chi connectivity index (χ0v) is 16.3. The van der Waals surface area contributed by atoms with Crippen LogP contribution in [-0.4, -0.2) is 40.9 Å². The molecule has 9 heteroatoms. The molecular weight excluding hydrogens is 383 g/mol. The van der Waals surface area contributed by atoms with Crippen LogP contribution in [0, 0.1) is 0 Å². The van der Waals surface area contributed by atoms with Crippen molar-refractivity contribution in [3.8, 4) is 0 Å². The molecule has 0 aromatic carbocycles. The number of aromatic nitrogens is 2. The predicted octanol–water partition coefficient (Wildman–Crippen LogP) is 3.28. The number of carbonyl (C=O) groups excluding carboxylic acids is 1. The highest BCUT2D eigenvalue weighted by Gasteiger charge is 2.37. The van der Waals surface area contributed by atoms with Gasteiger partial charge < -0.3 is 16.0 Å². The Hall–Kier alpha value is -2.68. The molecule has 0 unspecified atom stereocenters. The molecular formula is C20H24F3N5O. The summed E-state index contributed by atoms with van der Waals surface area (Å²) in [5.41, 5.74) is 3.87. The number of nitrogens with zero attached hydrogens (tertiary/aromatic N) is 3. The Labute approximate surface area is 167 Å². The van der Waals surface area contributed by atoms with Crippen molar-refractivity contribution in [2.45, 2.75) is 44.9 Å². The molecule has 0 aliphatic carbocycles. The highest BCUT2D eigenvalue weighted by Crippen LogP contribution is 2.34. The molecule has 0 radical (unpaired) electrons. The van der Waals surface area contributed by atoms with Gasteiger partial charge in [-0.2, -0.15) is 13.2 Å². The number of nitrogens with one attached hydrogen (secondary N) is 1. The number of anilines is 2.